The fourth-order valence-electron chi connectivity index (χ4n) is 1.82. The molecule has 6 nitrogen and oxygen atoms in total. The molecule has 0 fully saturated rings. The van der Waals surface area contributed by atoms with Crippen LogP contribution in [-0.2, 0) is 0 Å². The van der Waals surface area contributed by atoms with Gasteiger partial charge in [0.1, 0.15) is 0 Å². The summed E-state index contributed by atoms with van der Waals surface area (Å²) in [7, 11) is 0. The highest BCUT2D eigenvalue weighted by molar-refractivity contribution is 5.70. The van der Waals surface area contributed by atoms with E-state index >= 15 is 0 Å². The minimum Gasteiger partial charge on any atom is -0.380 e. The van der Waals surface area contributed by atoms with Crippen molar-refractivity contribution in [3.63, 3.8) is 0 Å². The first-order valence-corrected chi connectivity index (χ1v) is 6.67. The van der Waals surface area contributed by atoms with Crippen molar-refractivity contribution in [2.75, 3.05) is 11.9 Å². The first kappa shape index (κ1) is 15.7. The molecule has 0 amide bonds. The van der Waals surface area contributed by atoms with Crippen LogP contribution in [0, 0.1) is 10.1 Å². The number of aliphatic hydroxyl groups excluding tert-OH is 1. The van der Waals surface area contributed by atoms with Crippen LogP contribution < -0.4 is 5.32 Å². The van der Waals surface area contributed by atoms with Crippen molar-refractivity contribution in [1.29, 1.82) is 0 Å². The van der Waals surface area contributed by atoms with Gasteiger partial charge in [-0.15, -0.1) is 0 Å². The number of hydrogen-bond donors (Lipinski definition) is 3. The molecule has 0 unspecified atom stereocenters. The molecule has 6 heteroatoms. The lowest BCUT2D eigenvalue weighted by Gasteiger charge is -2.07. The van der Waals surface area contributed by atoms with Crippen LogP contribution in [0.4, 0.5) is 11.4 Å². The highest BCUT2D eigenvalue weighted by Gasteiger charge is 2.02. The average molecular weight is 300 g/mol. The maximum absolute atomic E-state index is 10.6. The fraction of sp³-hybridized carbons (Fsp3) is 0.125. The number of anilines is 1. The molecule has 0 spiro atoms. The second-order valence-corrected chi connectivity index (χ2v) is 4.67. The lowest BCUT2D eigenvalue weighted by atomic mass is 10.1. The first-order chi connectivity index (χ1) is 10.5. The predicted molar refractivity (Wildman–Crippen MR) is 85.2 cm³/mol. The van der Waals surface area contributed by atoms with Crippen molar-refractivity contribution in [2.45, 2.75) is 6.29 Å². The molecule has 2 aromatic carbocycles. The van der Waals surface area contributed by atoms with Crippen molar-refractivity contribution in [3.8, 4) is 0 Å². The molecule has 0 aromatic heterocycles. The van der Waals surface area contributed by atoms with Crippen LogP contribution in [0.3, 0.4) is 0 Å². The van der Waals surface area contributed by atoms with Crippen LogP contribution in [0.25, 0.3) is 12.2 Å². The molecule has 0 heterocycles. The molecule has 0 bridgehead atoms. The van der Waals surface area contributed by atoms with E-state index in [-0.39, 0.29) is 12.2 Å². The van der Waals surface area contributed by atoms with Crippen LogP contribution in [-0.4, -0.2) is 28.0 Å². The van der Waals surface area contributed by atoms with Gasteiger partial charge >= 0.3 is 0 Å². The van der Waals surface area contributed by atoms with Gasteiger partial charge in [-0.2, -0.15) is 0 Å². The zero-order valence-electron chi connectivity index (χ0n) is 11.7. The standard InChI is InChI=1S/C16H16N2O4/c19-16(20)11-17-14-7-3-12(4-8-14)1-2-13-5-9-15(10-6-13)18(21)22/h1-10,16-17,19-20H,11H2. The zero-order valence-corrected chi connectivity index (χ0v) is 11.7. The lowest BCUT2D eigenvalue weighted by molar-refractivity contribution is -0.384. The minimum absolute atomic E-state index is 0.0674. The van der Waals surface area contributed by atoms with Crippen LogP contribution >= 0.6 is 0 Å². The third-order valence-electron chi connectivity index (χ3n) is 2.97. The van der Waals surface area contributed by atoms with Crippen LogP contribution in [0.5, 0.6) is 0 Å². The highest BCUT2D eigenvalue weighted by Crippen LogP contribution is 2.15. The molecule has 22 heavy (non-hydrogen) atoms. The second kappa shape index (κ2) is 7.35. The Bertz CT molecular complexity index is 649. The summed E-state index contributed by atoms with van der Waals surface area (Å²) in [5, 5.41) is 31.0. The van der Waals surface area contributed by atoms with E-state index in [2.05, 4.69) is 5.32 Å². The normalized spacial score (nSPS) is 11.0. The van der Waals surface area contributed by atoms with Gasteiger partial charge in [-0.25, -0.2) is 0 Å². The van der Waals surface area contributed by atoms with Gasteiger partial charge in [-0.05, 0) is 35.4 Å². The number of aliphatic hydroxyl groups is 2. The number of non-ortho nitro benzene ring substituents is 1. The molecule has 0 aliphatic carbocycles. The number of hydrogen-bond acceptors (Lipinski definition) is 5. The maximum Gasteiger partial charge on any atom is 0.269 e. The SMILES string of the molecule is O=[N+]([O-])c1ccc(C=Cc2ccc(NCC(O)O)cc2)cc1. The van der Waals surface area contributed by atoms with E-state index in [1.807, 2.05) is 36.4 Å². The first-order valence-electron chi connectivity index (χ1n) is 6.67. The Labute approximate surface area is 127 Å². The molecule has 114 valence electrons. The van der Waals surface area contributed by atoms with Gasteiger partial charge in [0.05, 0.1) is 11.5 Å². The number of benzene rings is 2. The van der Waals surface area contributed by atoms with Crippen LogP contribution in [0.1, 0.15) is 11.1 Å². The third kappa shape index (κ3) is 4.69. The number of nitrogens with zero attached hydrogens (tertiary/aromatic N) is 1. The number of nitrogens with one attached hydrogen (secondary N) is 1. The second-order valence-electron chi connectivity index (χ2n) is 4.67. The van der Waals surface area contributed by atoms with Crippen molar-refractivity contribution < 1.29 is 15.1 Å². The Balaban J connectivity index is 1.99. The summed E-state index contributed by atoms with van der Waals surface area (Å²) in [5.74, 6) is 0. The molecule has 0 saturated carbocycles. The number of nitro benzene ring substituents is 1. The van der Waals surface area contributed by atoms with Crippen molar-refractivity contribution in [3.05, 3.63) is 69.8 Å². The monoisotopic (exact) mass is 300 g/mol. The average Bonchev–Trinajstić information content (AvgIpc) is 2.52. The van der Waals surface area contributed by atoms with E-state index in [1.165, 1.54) is 12.1 Å². The largest absolute Gasteiger partial charge is 0.380 e. The van der Waals surface area contributed by atoms with Crippen molar-refractivity contribution in [2.24, 2.45) is 0 Å². The molecular weight excluding hydrogens is 284 g/mol. The van der Waals surface area contributed by atoms with Crippen molar-refractivity contribution >= 4 is 23.5 Å². The third-order valence-corrected chi connectivity index (χ3v) is 2.97. The summed E-state index contributed by atoms with van der Waals surface area (Å²) >= 11 is 0. The summed E-state index contributed by atoms with van der Waals surface area (Å²) in [4.78, 5) is 10.1. The molecule has 0 aliphatic heterocycles. The maximum atomic E-state index is 10.6. The summed E-state index contributed by atoms with van der Waals surface area (Å²) in [5.41, 5.74) is 2.70. The van der Waals surface area contributed by atoms with E-state index in [4.69, 9.17) is 10.2 Å². The van der Waals surface area contributed by atoms with E-state index in [0.717, 1.165) is 16.8 Å². The molecule has 3 N–H and O–H groups in total. The topological polar surface area (TPSA) is 95.6 Å². The number of nitro groups is 1. The van der Waals surface area contributed by atoms with E-state index < -0.39 is 11.2 Å². The lowest BCUT2D eigenvalue weighted by Crippen LogP contribution is -2.18. The van der Waals surface area contributed by atoms with Gasteiger partial charge in [0.2, 0.25) is 0 Å². The summed E-state index contributed by atoms with van der Waals surface area (Å²) < 4.78 is 0. The highest BCUT2D eigenvalue weighted by atomic mass is 16.6. The predicted octanol–water partition coefficient (Wildman–Crippen LogP) is 2.49. The van der Waals surface area contributed by atoms with Gasteiger partial charge in [-0.1, -0.05) is 24.3 Å². The Morgan fingerprint density at radius 3 is 1.95 bits per heavy atom. The Hall–Kier alpha value is -2.70. The minimum atomic E-state index is -1.39. The van der Waals surface area contributed by atoms with Gasteiger partial charge in [0.15, 0.2) is 6.29 Å². The number of rotatable bonds is 6. The molecule has 0 aliphatic rings. The smallest absolute Gasteiger partial charge is 0.269 e. The fourth-order valence-corrected chi connectivity index (χ4v) is 1.82. The summed E-state index contributed by atoms with van der Waals surface area (Å²) in [6.45, 7) is 0.0674. The summed E-state index contributed by atoms with van der Waals surface area (Å²) in [6, 6.07) is 13.7. The molecule has 2 rings (SSSR count). The Morgan fingerprint density at radius 2 is 1.50 bits per heavy atom. The molecule has 0 radical (unpaired) electrons. The van der Waals surface area contributed by atoms with Gasteiger partial charge in [-0.3, -0.25) is 10.1 Å². The van der Waals surface area contributed by atoms with Gasteiger partial charge < -0.3 is 15.5 Å². The summed E-state index contributed by atoms with van der Waals surface area (Å²) in [6.07, 6.45) is 2.37. The van der Waals surface area contributed by atoms with E-state index in [9.17, 15) is 10.1 Å². The molecular formula is C16H16N2O4. The Morgan fingerprint density at radius 1 is 1.00 bits per heavy atom. The molecule has 0 saturated heterocycles. The zero-order chi connectivity index (χ0) is 15.9. The van der Waals surface area contributed by atoms with Crippen LogP contribution in [0.15, 0.2) is 48.5 Å². The van der Waals surface area contributed by atoms with Gasteiger partial charge in [0.25, 0.3) is 5.69 Å². The molecule has 2 aromatic rings. The van der Waals surface area contributed by atoms with Gasteiger partial charge in [0, 0.05) is 17.8 Å². The Kier molecular flexibility index (Phi) is 5.24. The van der Waals surface area contributed by atoms with Crippen LogP contribution in [0.2, 0.25) is 0 Å². The quantitative estimate of drug-likeness (QED) is 0.330. The van der Waals surface area contributed by atoms with E-state index in [0.29, 0.717) is 0 Å². The van der Waals surface area contributed by atoms with Crippen molar-refractivity contribution in [1.82, 2.24) is 0 Å². The molecule has 0 atom stereocenters. The van der Waals surface area contributed by atoms with E-state index in [1.54, 1.807) is 12.1 Å².